The van der Waals surface area contributed by atoms with E-state index >= 15 is 0 Å². The van der Waals surface area contributed by atoms with Gasteiger partial charge in [0.15, 0.2) is 12.3 Å². The number of anilines is 1. The second-order valence-electron chi connectivity index (χ2n) is 7.19. The molecule has 1 amide bonds. The summed E-state index contributed by atoms with van der Waals surface area (Å²) in [5.41, 5.74) is 2.29. The van der Waals surface area contributed by atoms with E-state index < -0.39 is 12.2 Å². The van der Waals surface area contributed by atoms with Crippen LogP contribution in [0.25, 0.3) is 11.3 Å². The van der Waals surface area contributed by atoms with Gasteiger partial charge in [-0.05, 0) is 31.4 Å². The van der Waals surface area contributed by atoms with Crippen LogP contribution in [0.15, 0.2) is 53.7 Å². The third-order valence-corrected chi connectivity index (χ3v) is 5.64. The summed E-state index contributed by atoms with van der Waals surface area (Å²) in [5.74, 6) is -0.00721. The fraction of sp³-hybridized carbons (Fsp3) is 0.292. The minimum Gasteiger partial charge on any atom is -0.481 e. The first-order valence-corrected chi connectivity index (χ1v) is 12.0. The quantitative estimate of drug-likeness (QED) is 0.366. The Hall–Kier alpha value is -3.66. The maximum Gasteiger partial charge on any atom is 0.344 e. The van der Waals surface area contributed by atoms with Gasteiger partial charge < -0.3 is 14.2 Å². The van der Waals surface area contributed by atoms with Crippen molar-refractivity contribution in [3.05, 3.63) is 54.1 Å². The van der Waals surface area contributed by atoms with E-state index in [1.54, 1.807) is 36.9 Å². The largest absolute Gasteiger partial charge is 0.481 e. The van der Waals surface area contributed by atoms with Crippen molar-refractivity contribution in [1.82, 2.24) is 15.2 Å². The molecule has 1 aliphatic rings. The normalized spacial score (nSPS) is 14.3. The first kappa shape index (κ1) is 23.5. The zero-order chi connectivity index (χ0) is 24.1. The minimum atomic E-state index is -0.917. The highest BCUT2D eigenvalue weighted by Crippen LogP contribution is 2.45. The summed E-state index contributed by atoms with van der Waals surface area (Å²) in [5, 5.41) is 8.96. The Morgan fingerprint density at radius 3 is 2.62 bits per heavy atom. The van der Waals surface area contributed by atoms with Crippen molar-refractivity contribution in [3.8, 4) is 22.9 Å². The topological polar surface area (TPSA) is 104 Å². The monoisotopic (exact) mass is 480 g/mol. The molecule has 0 spiro atoms. The lowest BCUT2D eigenvalue weighted by Crippen LogP contribution is -2.37. The van der Waals surface area contributed by atoms with Crippen LogP contribution < -0.4 is 14.4 Å². The standard InChI is InChI=1S/C24H24N4O5S/c1-4-19(29)28-17-12-8-6-10-15(17)21-22(25-24(34-3)27-26-21)33-23(28)16-11-7-9-13-18(16)32-14-20(30)31-5-2/h6-13,23H,4-5,14H2,1-3H3/t23-/m0/s1. The maximum atomic E-state index is 13.3. The lowest BCUT2D eigenvalue weighted by atomic mass is 10.1. The molecule has 4 rings (SSSR count). The van der Waals surface area contributed by atoms with Crippen molar-refractivity contribution < 1.29 is 23.8 Å². The number of carbonyl (C=O) groups excluding carboxylic acids is 2. The van der Waals surface area contributed by atoms with Crippen molar-refractivity contribution in [3.63, 3.8) is 0 Å². The highest BCUT2D eigenvalue weighted by Gasteiger charge is 2.36. The molecule has 1 aromatic heterocycles. The molecule has 34 heavy (non-hydrogen) atoms. The number of aromatic nitrogens is 3. The Morgan fingerprint density at radius 2 is 1.85 bits per heavy atom. The smallest absolute Gasteiger partial charge is 0.344 e. The van der Waals surface area contributed by atoms with Crippen molar-refractivity contribution in [2.45, 2.75) is 31.7 Å². The van der Waals surface area contributed by atoms with Gasteiger partial charge in [0.05, 0.1) is 17.9 Å². The van der Waals surface area contributed by atoms with E-state index in [4.69, 9.17) is 14.2 Å². The Bertz CT molecular complexity index is 1210. The molecule has 1 aliphatic heterocycles. The second kappa shape index (κ2) is 10.5. The van der Waals surface area contributed by atoms with Crippen LogP contribution in [-0.4, -0.2) is 46.5 Å². The van der Waals surface area contributed by atoms with Gasteiger partial charge in [-0.1, -0.05) is 49.0 Å². The number of rotatable bonds is 7. The molecule has 0 fully saturated rings. The summed E-state index contributed by atoms with van der Waals surface area (Å²) in [6.45, 7) is 3.50. The Labute approximate surface area is 201 Å². The molecule has 2 aromatic carbocycles. The summed E-state index contributed by atoms with van der Waals surface area (Å²) in [6, 6.07) is 14.5. The van der Waals surface area contributed by atoms with Crippen LogP contribution in [0.2, 0.25) is 0 Å². The predicted octanol–water partition coefficient (Wildman–Crippen LogP) is 4.04. The van der Waals surface area contributed by atoms with Gasteiger partial charge in [-0.15, -0.1) is 10.2 Å². The van der Waals surface area contributed by atoms with E-state index in [9.17, 15) is 9.59 Å². The molecule has 0 aliphatic carbocycles. The number of esters is 1. The predicted molar refractivity (Wildman–Crippen MR) is 127 cm³/mol. The second-order valence-corrected chi connectivity index (χ2v) is 7.96. The molecule has 1 atom stereocenters. The maximum absolute atomic E-state index is 13.3. The number of benzene rings is 2. The zero-order valence-corrected chi connectivity index (χ0v) is 19.9. The SMILES string of the molecule is CCOC(=O)COc1ccccc1[C@@H]1Oc2nc(SC)nnc2-c2ccccc2N1C(=O)CC. The van der Waals surface area contributed by atoms with Gasteiger partial charge in [-0.2, -0.15) is 4.98 Å². The molecule has 10 heteroatoms. The number of carbonyl (C=O) groups is 2. The van der Waals surface area contributed by atoms with Crippen molar-refractivity contribution in [2.24, 2.45) is 0 Å². The number of para-hydroxylation sites is 2. The first-order valence-electron chi connectivity index (χ1n) is 10.8. The van der Waals surface area contributed by atoms with Gasteiger partial charge in [0.25, 0.3) is 0 Å². The van der Waals surface area contributed by atoms with Crippen LogP contribution >= 0.6 is 11.8 Å². The number of amides is 1. The van der Waals surface area contributed by atoms with Gasteiger partial charge in [-0.25, -0.2) is 4.79 Å². The number of hydrogen-bond donors (Lipinski definition) is 0. The summed E-state index contributed by atoms with van der Waals surface area (Å²) in [4.78, 5) is 31.3. The number of ether oxygens (including phenoxy) is 3. The van der Waals surface area contributed by atoms with Crippen LogP contribution in [0.5, 0.6) is 11.6 Å². The number of hydrogen-bond acceptors (Lipinski definition) is 9. The van der Waals surface area contributed by atoms with Crippen molar-refractivity contribution in [2.75, 3.05) is 24.4 Å². The lowest BCUT2D eigenvalue weighted by Gasteiger charge is -2.31. The van der Waals surface area contributed by atoms with E-state index in [1.807, 2.05) is 36.6 Å². The first-order chi connectivity index (χ1) is 16.6. The fourth-order valence-electron chi connectivity index (χ4n) is 3.60. The molecular formula is C24H24N4O5S. The molecule has 0 radical (unpaired) electrons. The van der Waals surface area contributed by atoms with E-state index in [2.05, 4.69) is 15.2 Å². The number of nitrogens with zero attached hydrogens (tertiary/aromatic N) is 4. The molecule has 0 saturated heterocycles. The highest BCUT2D eigenvalue weighted by molar-refractivity contribution is 7.98. The summed E-state index contributed by atoms with van der Waals surface area (Å²) >= 11 is 1.34. The zero-order valence-electron chi connectivity index (χ0n) is 19.1. The van der Waals surface area contributed by atoms with E-state index in [-0.39, 0.29) is 31.4 Å². The summed E-state index contributed by atoms with van der Waals surface area (Å²) < 4.78 is 17.1. The number of thioether (sulfide) groups is 1. The van der Waals surface area contributed by atoms with E-state index in [1.165, 1.54) is 11.8 Å². The Morgan fingerprint density at radius 1 is 1.09 bits per heavy atom. The van der Waals surface area contributed by atoms with Gasteiger partial charge in [0.1, 0.15) is 5.75 Å². The molecule has 9 nitrogen and oxygen atoms in total. The van der Waals surface area contributed by atoms with Gasteiger partial charge >= 0.3 is 5.97 Å². The molecule has 0 saturated carbocycles. The Balaban J connectivity index is 1.86. The minimum absolute atomic E-state index is 0.163. The van der Waals surface area contributed by atoms with Crippen molar-refractivity contribution >= 4 is 29.3 Å². The molecule has 0 N–H and O–H groups in total. The molecule has 176 valence electrons. The lowest BCUT2D eigenvalue weighted by molar-refractivity contribution is -0.145. The van der Waals surface area contributed by atoms with Gasteiger partial charge in [-0.3, -0.25) is 9.69 Å². The third kappa shape index (κ3) is 4.67. The molecule has 0 unspecified atom stereocenters. The van der Waals surface area contributed by atoms with Crippen LogP contribution in [0.3, 0.4) is 0 Å². The van der Waals surface area contributed by atoms with Crippen LogP contribution in [-0.2, 0) is 14.3 Å². The van der Waals surface area contributed by atoms with Crippen LogP contribution in [0.1, 0.15) is 32.1 Å². The van der Waals surface area contributed by atoms with Crippen LogP contribution in [0, 0.1) is 0 Å². The van der Waals surface area contributed by atoms with Gasteiger partial charge in [0, 0.05) is 12.0 Å². The average Bonchev–Trinajstić information content (AvgIpc) is 3.01. The Kier molecular flexibility index (Phi) is 7.27. The molecular weight excluding hydrogens is 456 g/mol. The molecule has 2 heterocycles. The van der Waals surface area contributed by atoms with Crippen molar-refractivity contribution in [1.29, 1.82) is 0 Å². The third-order valence-electron chi connectivity index (χ3n) is 5.10. The summed E-state index contributed by atoms with van der Waals surface area (Å²) in [6.07, 6.45) is 1.17. The highest BCUT2D eigenvalue weighted by atomic mass is 32.2. The fourth-order valence-corrected chi connectivity index (χ4v) is 3.89. The summed E-state index contributed by atoms with van der Waals surface area (Å²) in [7, 11) is 0. The van der Waals surface area contributed by atoms with E-state index in [0.29, 0.717) is 33.4 Å². The average molecular weight is 481 g/mol. The van der Waals surface area contributed by atoms with Crippen LogP contribution in [0.4, 0.5) is 5.69 Å². The molecule has 0 bridgehead atoms. The van der Waals surface area contributed by atoms with E-state index in [0.717, 1.165) is 0 Å². The van der Waals surface area contributed by atoms with Gasteiger partial charge in [0.2, 0.25) is 23.2 Å². The number of fused-ring (bicyclic) bond motifs is 3. The molecule has 3 aromatic rings.